The van der Waals surface area contributed by atoms with Gasteiger partial charge in [0.15, 0.2) is 0 Å². The lowest BCUT2D eigenvalue weighted by atomic mass is 9.97. The number of carboxylic acids is 1. The van der Waals surface area contributed by atoms with E-state index in [0.717, 1.165) is 5.56 Å². The van der Waals surface area contributed by atoms with Gasteiger partial charge in [0.1, 0.15) is 6.61 Å². The molecule has 2 fully saturated rings. The normalized spacial score (nSPS) is 29.9. The first-order valence-electron chi connectivity index (χ1n) is 7.28. The van der Waals surface area contributed by atoms with Gasteiger partial charge in [0.05, 0.1) is 5.41 Å². The maximum absolute atomic E-state index is 12.0. The molecule has 1 saturated carbocycles. The molecule has 1 N–H and O–H groups in total. The van der Waals surface area contributed by atoms with Crippen LogP contribution in [0.4, 0.5) is 4.79 Å². The van der Waals surface area contributed by atoms with E-state index in [9.17, 15) is 14.7 Å². The number of piperidine rings is 1. The van der Waals surface area contributed by atoms with Gasteiger partial charge < -0.3 is 14.7 Å². The number of amides is 1. The lowest BCUT2D eigenvalue weighted by Crippen LogP contribution is -2.36. The molecule has 1 saturated heterocycles. The monoisotopic (exact) mass is 289 g/mol. The first kappa shape index (κ1) is 13.9. The van der Waals surface area contributed by atoms with Gasteiger partial charge in [0, 0.05) is 13.1 Å². The van der Waals surface area contributed by atoms with Crippen molar-refractivity contribution in [2.75, 3.05) is 13.1 Å². The first-order valence-corrected chi connectivity index (χ1v) is 7.28. The Balaban J connectivity index is 1.53. The van der Waals surface area contributed by atoms with E-state index in [0.29, 0.717) is 19.5 Å². The van der Waals surface area contributed by atoms with Crippen molar-refractivity contribution in [1.29, 1.82) is 0 Å². The summed E-state index contributed by atoms with van der Waals surface area (Å²) >= 11 is 0. The minimum atomic E-state index is -0.725. The predicted octanol–water partition coefficient (Wildman–Crippen LogP) is 2.37. The molecule has 1 amide bonds. The summed E-state index contributed by atoms with van der Waals surface area (Å²) in [4.78, 5) is 25.0. The third-order valence-electron chi connectivity index (χ3n) is 4.98. The van der Waals surface area contributed by atoms with Crippen LogP contribution in [0, 0.1) is 17.3 Å². The number of likely N-dealkylation sites (tertiary alicyclic amines) is 1. The topological polar surface area (TPSA) is 66.8 Å². The summed E-state index contributed by atoms with van der Waals surface area (Å²) < 4.78 is 5.28. The Morgan fingerprint density at radius 2 is 1.90 bits per heavy atom. The van der Waals surface area contributed by atoms with Crippen LogP contribution < -0.4 is 0 Å². The number of carbonyl (C=O) groups is 2. The standard InChI is InChI=1S/C16H19NO4/c1-2-16(14(18)19)12-8-17(9-13(12)16)15(20)21-10-11-6-4-3-5-7-11/h3-7,12-13H,2,8-10H2,1H3,(H,18,19)/t12-,13-/m1/s1. The summed E-state index contributed by atoms with van der Waals surface area (Å²) in [5, 5.41) is 9.35. The number of fused-ring (bicyclic) bond motifs is 1. The maximum atomic E-state index is 12.0. The maximum Gasteiger partial charge on any atom is 0.410 e. The Morgan fingerprint density at radius 1 is 1.29 bits per heavy atom. The number of carbonyl (C=O) groups excluding carboxylic acids is 1. The van der Waals surface area contributed by atoms with Crippen molar-refractivity contribution in [3.05, 3.63) is 35.9 Å². The van der Waals surface area contributed by atoms with Crippen LogP contribution in [0.1, 0.15) is 18.9 Å². The van der Waals surface area contributed by atoms with Crippen LogP contribution in [-0.4, -0.2) is 35.2 Å². The molecule has 21 heavy (non-hydrogen) atoms. The molecule has 0 aromatic heterocycles. The van der Waals surface area contributed by atoms with Crippen LogP contribution in [0.2, 0.25) is 0 Å². The highest BCUT2D eigenvalue weighted by Crippen LogP contribution is 2.64. The van der Waals surface area contributed by atoms with Gasteiger partial charge in [-0.2, -0.15) is 0 Å². The van der Waals surface area contributed by atoms with Crippen molar-refractivity contribution in [2.24, 2.45) is 17.3 Å². The van der Waals surface area contributed by atoms with Gasteiger partial charge in [0.2, 0.25) is 0 Å². The van der Waals surface area contributed by atoms with Crippen molar-refractivity contribution < 1.29 is 19.4 Å². The summed E-state index contributed by atoms with van der Waals surface area (Å²) in [7, 11) is 0. The fourth-order valence-electron chi connectivity index (χ4n) is 3.69. The van der Waals surface area contributed by atoms with E-state index in [1.165, 1.54) is 0 Å². The molecule has 1 aromatic rings. The second-order valence-corrected chi connectivity index (χ2v) is 5.86. The summed E-state index contributed by atoms with van der Waals surface area (Å²) in [6, 6.07) is 9.52. The molecule has 2 atom stereocenters. The molecule has 0 bridgehead atoms. The fourth-order valence-corrected chi connectivity index (χ4v) is 3.69. The van der Waals surface area contributed by atoms with Crippen molar-refractivity contribution >= 4 is 12.1 Å². The van der Waals surface area contributed by atoms with Crippen LogP contribution in [-0.2, 0) is 16.1 Å². The highest BCUT2D eigenvalue weighted by molar-refractivity contribution is 5.81. The molecule has 1 aliphatic carbocycles. The zero-order chi connectivity index (χ0) is 15.0. The van der Waals surface area contributed by atoms with E-state index >= 15 is 0 Å². The summed E-state index contributed by atoms with van der Waals surface area (Å²) in [6.07, 6.45) is 0.284. The van der Waals surface area contributed by atoms with Crippen LogP contribution in [0.15, 0.2) is 30.3 Å². The molecule has 5 heteroatoms. The number of rotatable bonds is 4. The number of ether oxygens (including phenoxy) is 1. The zero-order valence-electron chi connectivity index (χ0n) is 12.0. The Kier molecular flexibility index (Phi) is 3.35. The molecule has 1 heterocycles. The van der Waals surface area contributed by atoms with Gasteiger partial charge >= 0.3 is 12.1 Å². The SMILES string of the molecule is CCC1(C(=O)O)[C@@H]2CN(C(=O)OCc3ccccc3)C[C@H]21. The van der Waals surface area contributed by atoms with Gasteiger partial charge in [-0.25, -0.2) is 4.79 Å². The van der Waals surface area contributed by atoms with Crippen LogP contribution in [0.3, 0.4) is 0 Å². The largest absolute Gasteiger partial charge is 0.481 e. The molecule has 0 spiro atoms. The molecule has 1 aliphatic heterocycles. The van der Waals surface area contributed by atoms with Gasteiger partial charge in [-0.1, -0.05) is 37.3 Å². The second-order valence-electron chi connectivity index (χ2n) is 5.86. The van der Waals surface area contributed by atoms with Gasteiger partial charge in [-0.15, -0.1) is 0 Å². The van der Waals surface area contributed by atoms with Gasteiger partial charge in [-0.3, -0.25) is 4.79 Å². The Morgan fingerprint density at radius 3 is 2.43 bits per heavy atom. The molecule has 112 valence electrons. The van der Waals surface area contributed by atoms with Crippen molar-refractivity contribution in [2.45, 2.75) is 20.0 Å². The third-order valence-corrected chi connectivity index (χ3v) is 4.98. The molecule has 5 nitrogen and oxygen atoms in total. The average molecular weight is 289 g/mol. The number of aliphatic carboxylic acids is 1. The van der Waals surface area contributed by atoms with Crippen molar-refractivity contribution in [1.82, 2.24) is 4.90 Å². The quantitative estimate of drug-likeness (QED) is 0.924. The summed E-state index contributed by atoms with van der Waals surface area (Å²) in [5.74, 6) is -0.550. The van der Waals surface area contributed by atoms with E-state index in [-0.39, 0.29) is 24.5 Å². The van der Waals surface area contributed by atoms with E-state index in [2.05, 4.69) is 0 Å². The molecule has 1 aromatic carbocycles. The fraction of sp³-hybridized carbons (Fsp3) is 0.500. The van der Waals surface area contributed by atoms with Crippen molar-refractivity contribution in [3.8, 4) is 0 Å². The first-order chi connectivity index (χ1) is 10.1. The number of hydrogen-bond donors (Lipinski definition) is 1. The Bertz CT molecular complexity index is 545. The number of hydrogen-bond acceptors (Lipinski definition) is 3. The van der Waals surface area contributed by atoms with E-state index in [1.807, 2.05) is 37.3 Å². The molecular formula is C16H19NO4. The van der Waals surface area contributed by atoms with Gasteiger partial charge in [0.25, 0.3) is 0 Å². The zero-order valence-corrected chi connectivity index (χ0v) is 12.0. The Labute approximate surface area is 123 Å². The van der Waals surface area contributed by atoms with E-state index in [1.54, 1.807) is 4.90 Å². The van der Waals surface area contributed by atoms with E-state index in [4.69, 9.17) is 4.74 Å². The highest BCUT2D eigenvalue weighted by Gasteiger charge is 2.72. The predicted molar refractivity (Wildman–Crippen MR) is 75.5 cm³/mol. The van der Waals surface area contributed by atoms with Crippen LogP contribution >= 0.6 is 0 Å². The highest BCUT2D eigenvalue weighted by atomic mass is 16.6. The molecule has 0 unspecified atom stereocenters. The smallest absolute Gasteiger partial charge is 0.410 e. The minimum absolute atomic E-state index is 0.0873. The van der Waals surface area contributed by atoms with E-state index < -0.39 is 11.4 Å². The average Bonchev–Trinajstić information content (AvgIpc) is 2.88. The number of nitrogens with zero attached hydrogens (tertiary/aromatic N) is 1. The molecular weight excluding hydrogens is 270 g/mol. The second kappa shape index (κ2) is 5.06. The Hall–Kier alpha value is -2.04. The number of carboxylic acid groups (broad SMARTS) is 1. The molecule has 3 rings (SSSR count). The molecule has 0 radical (unpaired) electrons. The summed E-state index contributed by atoms with van der Waals surface area (Å²) in [6.45, 7) is 3.16. The summed E-state index contributed by atoms with van der Waals surface area (Å²) in [5.41, 5.74) is 0.347. The minimum Gasteiger partial charge on any atom is -0.481 e. The lowest BCUT2D eigenvalue weighted by molar-refractivity contribution is -0.145. The number of benzene rings is 1. The van der Waals surface area contributed by atoms with Gasteiger partial charge in [-0.05, 0) is 23.8 Å². The van der Waals surface area contributed by atoms with Crippen LogP contribution in [0.5, 0.6) is 0 Å². The van der Waals surface area contributed by atoms with Crippen LogP contribution in [0.25, 0.3) is 0 Å². The third kappa shape index (κ3) is 2.17. The lowest BCUT2D eigenvalue weighted by Gasteiger charge is -2.23. The van der Waals surface area contributed by atoms with Crippen molar-refractivity contribution in [3.63, 3.8) is 0 Å². The molecule has 2 aliphatic rings.